The van der Waals surface area contributed by atoms with Gasteiger partial charge in [-0.3, -0.25) is 4.98 Å². The third-order valence-electron chi connectivity index (χ3n) is 7.27. The van der Waals surface area contributed by atoms with Crippen LogP contribution in [0.5, 0.6) is 0 Å². The van der Waals surface area contributed by atoms with Crippen molar-refractivity contribution in [1.82, 2.24) is 9.38 Å². The predicted molar refractivity (Wildman–Crippen MR) is 148 cm³/mol. The minimum atomic E-state index is 0. The van der Waals surface area contributed by atoms with Gasteiger partial charge in [0, 0.05) is 37.4 Å². The molecule has 4 aromatic carbocycles. The van der Waals surface area contributed by atoms with Crippen LogP contribution in [0.15, 0.2) is 66.9 Å². The summed E-state index contributed by atoms with van der Waals surface area (Å²) in [6.07, 6.45) is 2.03. The summed E-state index contributed by atoms with van der Waals surface area (Å²) in [4.78, 5) is 4.93. The first-order valence-corrected chi connectivity index (χ1v) is 12.2. The average Bonchev–Trinajstić information content (AvgIpc) is 3.23. The van der Waals surface area contributed by atoms with Crippen molar-refractivity contribution in [3.05, 3.63) is 106 Å². The number of hydrogen-bond acceptors (Lipinski definition) is 1. The second kappa shape index (κ2) is 9.00. The molecule has 2 aromatic heterocycles. The van der Waals surface area contributed by atoms with Gasteiger partial charge in [0.15, 0.2) is 0 Å². The molecular weight excluding hydrogens is 617 g/mol. The minimum absolute atomic E-state index is 0. The Kier molecular flexibility index (Phi) is 6.11. The van der Waals surface area contributed by atoms with Crippen molar-refractivity contribution in [3.8, 4) is 22.4 Å². The molecule has 0 atom stereocenters. The largest absolute Gasteiger partial charge is 0.333 e. The maximum absolute atomic E-state index is 4.93. The molecule has 0 aliphatic heterocycles. The summed E-state index contributed by atoms with van der Waals surface area (Å²) in [5, 5.41) is 3.47. The Morgan fingerprint density at radius 1 is 0.694 bits per heavy atom. The molecule has 0 saturated carbocycles. The van der Waals surface area contributed by atoms with Gasteiger partial charge in [-0.2, -0.15) is 0 Å². The van der Waals surface area contributed by atoms with Gasteiger partial charge in [-0.05, 0) is 86.4 Å². The number of imidazole rings is 1. The van der Waals surface area contributed by atoms with Crippen molar-refractivity contribution in [2.24, 2.45) is 0 Å². The van der Waals surface area contributed by atoms with Crippen molar-refractivity contribution < 1.29 is 20.1 Å². The Balaban J connectivity index is 0.00000267. The zero-order chi connectivity index (χ0) is 24.4. The Morgan fingerprint density at radius 3 is 1.94 bits per heavy atom. The van der Waals surface area contributed by atoms with E-state index in [1.165, 1.54) is 66.4 Å². The van der Waals surface area contributed by atoms with Gasteiger partial charge in [-0.1, -0.05) is 52.9 Å². The fourth-order valence-corrected chi connectivity index (χ4v) is 6.12. The smallest absolute Gasteiger partial charge is 0.0639 e. The van der Waals surface area contributed by atoms with Crippen molar-refractivity contribution in [2.75, 3.05) is 0 Å². The molecule has 2 heterocycles. The van der Waals surface area contributed by atoms with Crippen LogP contribution < -0.4 is 0 Å². The van der Waals surface area contributed by atoms with E-state index < -0.39 is 0 Å². The maximum Gasteiger partial charge on any atom is 0.0639 e. The molecule has 1 radical (unpaired) electrons. The van der Waals surface area contributed by atoms with Crippen molar-refractivity contribution >= 4 is 27.3 Å². The Morgan fingerprint density at radius 2 is 1.31 bits per heavy atom. The number of aryl methyl sites for hydroxylation is 6. The Bertz CT molecular complexity index is 1760. The molecule has 0 bridgehead atoms. The Labute approximate surface area is 226 Å². The summed E-state index contributed by atoms with van der Waals surface area (Å²) in [7, 11) is 0. The molecule has 0 unspecified atom stereocenters. The van der Waals surface area contributed by atoms with Gasteiger partial charge < -0.3 is 4.40 Å². The first-order chi connectivity index (χ1) is 16.8. The molecule has 181 valence electrons. The van der Waals surface area contributed by atoms with E-state index in [1.807, 2.05) is 12.3 Å². The fraction of sp³-hybridized carbons (Fsp3) is 0.182. The number of rotatable bonds is 2. The van der Waals surface area contributed by atoms with Crippen LogP contribution in [0.1, 0.15) is 33.4 Å². The van der Waals surface area contributed by atoms with Crippen LogP contribution in [-0.4, -0.2) is 9.38 Å². The number of fused-ring (bicyclic) bond motifs is 6. The van der Waals surface area contributed by atoms with E-state index in [0.717, 1.165) is 16.7 Å². The zero-order valence-electron chi connectivity index (χ0n) is 21.6. The van der Waals surface area contributed by atoms with Crippen LogP contribution in [0.25, 0.3) is 49.7 Å². The Hall–Kier alpha value is -3.26. The van der Waals surface area contributed by atoms with Gasteiger partial charge in [0.1, 0.15) is 0 Å². The molecule has 0 fully saturated rings. The third-order valence-corrected chi connectivity index (χ3v) is 7.27. The SMILES string of the molecule is Cc1cc(C)c(-c2ccc3c(c2)c2ccc[c-]c2c2ncc(-c4c(C)cc(C)cc4C)n32)c(C)c1.[Ir]. The molecule has 0 aliphatic carbocycles. The maximum atomic E-state index is 4.93. The number of nitrogens with zero attached hydrogens (tertiary/aromatic N) is 2. The average molecular weight is 646 g/mol. The number of aromatic nitrogens is 2. The third kappa shape index (κ3) is 3.70. The van der Waals surface area contributed by atoms with Crippen LogP contribution in [0.4, 0.5) is 0 Å². The number of benzene rings is 4. The molecule has 3 heteroatoms. The monoisotopic (exact) mass is 646 g/mol. The van der Waals surface area contributed by atoms with Gasteiger partial charge >= 0.3 is 0 Å². The molecule has 2 nitrogen and oxygen atoms in total. The van der Waals surface area contributed by atoms with E-state index in [2.05, 4.69) is 107 Å². The zero-order valence-corrected chi connectivity index (χ0v) is 24.0. The number of hydrogen-bond donors (Lipinski definition) is 0. The van der Waals surface area contributed by atoms with Gasteiger partial charge in [-0.15, -0.1) is 29.7 Å². The van der Waals surface area contributed by atoms with Crippen LogP contribution in [0, 0.1) is 47.6 Å². The number of pyridine rings is 1. The second-order valence-corrected chi connectivity index (χ2v) is 10.0. The van der Waals surface area contributed by atoms with Gasteiger partial charge in [0.25, 0.3) is 0 Å². The first-order valence-electron chi connectivity index (χ1n) is 12.2. The fourth-order valence-electron chi connectivity index (χ4n) is 6.12. The van der Waals surface area contributed by atoms with Crippen molar-refractivity contribution in [2.45, 2.75) is 41.5 Å². The van der Waals surface area contributed by atoms with Gasteiger partial charge in [-0.25, -0.2) is 0 Å². The van der Waals surface area contributed by atoms with E-state index in [0.29, 0.717) is 0 Å². The molecule has 0 N–H and O–H groups in total. The summed E-state index contributed by atoms with van der Waals surface area (Å²) < 4.78 is 2.33. The summed E-state index contributed by atoms with van der Waals surface area (Å²) in [5.41, 5.74) is 14.9. The molecule has 0 amide bonds. The van der Waals surface area contributed by atoms with Crippen LogP contribution in [-0.2, 0) is 20.1 Å². The van der Waals surface area contributed by atoms with E-state index in [9.17, 15) is 0 Å². The quantitative estimate of drug-likeness (QED) is 0.136. The molecule has 0 aliphatic rings. The predicted octanol–water partition coefficient (Wildman–Crippen LogP) is 8.62. The van der Waals surface area contributed by atoms with E-state index in [4.69, 9.17) is 4.98 Å². The minimum Gasteiger partial charge on any atom is -0.333 e. The molecule has 6 aromatic rings. The summed E-state index contributed by atoms with van der Waals surface area (Å²) >= 11 is 0. The van der Waals surface area contributed by atoms with Gasteiger partial charge in [0.2, 0.25) is 0 Å². The normalized spacial score (nSPS) is 11.4. The molecule has 36 heavy (non-hydrogen) atoms. The molecule has 0 spiro atoms. The molecular formula is C33H29IrN2-. The second-order valence-electron chi connectivity index (χ2n) is 10.0. The topological polar surface area (TPSA) is 17.3 Å². The summed E-state index contributed by atoms with van der Waals surface area (Å²) in [6, 6.07) is 25.7. The standard InChI is InChI=1S/C33H29N2.Ir/c1-19-13-21(3)31(22(4)14-19)25-11-12-29-28(17-25)26-9-7-8-10-27(26)33-34-18-30(35(29)33)32-23(5)15-20(2)16-24(32)6;/h7-9,11-18H,1-6H3;/q-1;. The van der Waals surface area contributed by atoms with E-state index in [-0.39, 0.29) is 20.1 Å². The first kappa shape index (κ1) is 24.4. The van der Waals surface area contributed by atoms with Crippen LogP contribution >= 0.6 is 0 Å². The van der Waals surface area contributed by atoms with E-state index >= 15 is 0 Å². The molecule has 0 saturated heterocycles. The van der Waals surface area contributed by atoms with Crippen LogP contribution in [0.3, 0.4) is 0 Å². The summed E-state index contributed by atoms with van der Waals surface area (Å²) in [5.74, 6) is 0. The van der Waals surface area contributed by atoms with Gasteiger partial charge in [0.05, 0.1) is 11.3 Å². The summed E-state index contributed by atoms with van der Waals surface area (Å²) in [6.45, 7) is 13.2. The van der Waals surface area contributed by atoms with E-state index in [1.54, 1.807) is 0 Å². The van der Waals surface area contributed by atoms with Crippen LogP contribution in [0.2, 0.25) is 0 Å². The van der Waals surface area contributed by atoms with Crippen molar-refractivity contribution in [3.63, 3.8) is 0 Å². The van der Waals surface area contributed by atoms with Crippen molar-refractivity contribution in [1.29, 1.82) is 0 Å². The molecule has 6 rings (SSSR count).